The van der Waals surface area contributed by atoms with Gasteiger partial charge in [0.1, 0.15) is 0 Å². The topological polar surface area (TPSA) is 0 Å². The van der Waals surface area contributed by atoms with E-state index in [0.717, 1.165) is 0 Å². The molecular formula is C12H18S. The van der Waals surface area contributed by atoms with Crippen LogP contribution in [0.15, 0.2) is 29.2 Å². The molecule has 1 rings (SSSR count). The molecule has 0 unspecified atom stereocenters. The lowest BCUT2D eigenvalue weighted by Gasteiger charge is -2.23. The summed E-state index contributed by atoms with van der Waals surface area (Å²) in [4.78, 5) is 1.36. The van der Waals surface area contributed by atoms with Crippen molar-refractivity contribution < 1.29 is 0 Å². The van der Waals surface area contributed by atoms with E-state index in [0.29, 0.717) is 5.41 Å². The van der Waals surface area contributed by atoms with Crippen LogP contribution in [0.2, 0.25) is 0 Å². The molecule has 0 aliphatic carbocycles. The normalized spacial score (nSPS) is 11.7. The summed E-state index contributed by atoms with van der Waals surface area (Å²) in [6.45, 7) is 6.84. The monoisotopic (exact) mass is 194 g/mol. The van der Waals surface area contributed by atoms with Gasteiger partial charge >= 0.3 is 0 Å². The molecule has 0 fully saturated rings. The third-order valence-electron chi connectivity index (χ3n) is 2.74. The quantitative estimate of drug-likeness (QED) is 0.653. The number of hydrogen-bond acceptors (Lipinski definition) is 1. The molecule has 0 amide bonds. The predicted molar refractivity (Wildman–Crippen MR) is 61.5 cm³/mol. The van der Waals surface area contributed by atoms with Crippen LogP contribution in [0.3, 0.4) is 0 Å². The van der Waals surface area contributed by atoms with Gasteiger partial charge in [-0.3, -0.25) is 0 Å². The van der Waals surface area contributed by atoms with Gasteiger partial charge in [-0.1, -0.05) is 32.9 Å². The van der Waals surface area contributed by atoms with Gasteiger partial charge in [0, 0.05) is 4.90 Å². The molecule has 0 aliphatic heterocycles. The molecule has 0 radical (unpaired) electrons. The summed E-state index contributed by atoms with van der Waals surface area (Å²) in [6, 6.07) is 8.84. The standard InChI is InChI=1S/C12H18S/c1-5-12(2,3)10-7-6-8-11(9-10)13-4/h6-9H,5H2,1-4H3. The van der Waals surface area contributed by atoms with Crippen LogP contribution in [0, 0.1) is 0 Å². The molecule has 0 nitrogen and oxygen atoms in total. The fourth-order valence-corrected chi connectivity index (χ4v) is 1.71. The molecule has 1 heteroatoms. The maximum absolute atomic E-state index is 2.30. The van der Waals surface area contributed by atoms with Crippen molar-refractivity contribution in [3.63, 3.8) is 0 Å². The first-order valence-corrected chi connectivity index (χ1v) is 5.97. The highest BCUT2D eigenvalue weighted by atomic mass is 32.2. The van der Waals surface area contributed by atoms with Crippen LogP contribution in [-0.4, -0.2) is 6.26 Å². The van der Waals surface area contributed by atoms with Gasteiger partial charge < -0.3 is 0 Å². The Kier molecular flexibility index (Phi) is 3.43. The summed E-state index contributed by atoms with van der Waals surface area (Å²) < 4.78 is 0. The van der Waals surface area contributed by atoms with E-state index in [4.69, 9.17) is 0 Å². The van der Waals surface area contributed by atoms with Gasteiger partial charge in [0.2, 0.25) is 0 Å². The average molecular weight is 194 g/mol. The minimum Gasteiger partial charge on any atom is -0.130 e. The first kappa shape index (κ1) is 10.6. The lowest BCUT2D eigenvalue weighted by Crippen LogP contribution is -2.15. The minimum absolute atomic E-state index is 0.311. The molecule has 72 valence electrons. The zero-order valence-electron chi connectivity index (χ0n) is 8.92. The Morgan fingerprint density at radius 2 is 2.00 bits per heavy atom. The number of benzene rings is 1. The van der Waals surface area contributed by atoms with Gasteiger partial charge in [0.25, 0.3) is 0 Å². The second-order valence-corrected chi connectivity index (χ2v) is 4.85. The molecule has 0 spiro atoms. The number of hydrogen-bond donors (Lipinski definition) is 0. The second-order valence-electron chi connectivity index (χ2n) is 3.97. The highest BCUT2D eigenvalue weighted by Crippen LogP contribution is 2.29. The van der Waals surface area contributed by atoms with Crippen molar-refractivity contribution in [2.75, 3.05) is 6.26 Å². The third kappa shape index (κ3) is 2.50. The van der Waals surface area contributed by atoms with Crippen molar-refractivity contribution >= 4 is 11.8 Å². The molecule has 0 bridgehead atoms. The maximum Gasteiger partial charge on any atom is 0.00720 e. The van der Waals surface area contributed by atoms with Gasteiger partial charge in [-0.25, -0.2) is 0 Å². The van der Waals surface area contributed by atoms with Gasteiger partial charge in [0.15, 0.2) is 0 Å². The van der Waals surface area contributed by atoms with Crippen LogP contribution in [0.25, 0.3) is 0 Å². The van der Waals surface area contributed by atoms with E-state index in [1.165, 1.54) is 16.9 Å². The van der Waals surface area contributed by atoms with Crippen molar-refractivity contribution in [3.05, 3.63) is 29.8 Å². The van der Waals surface area contributed by atoms with Crippen LogP contribution < -0.4 is 0 Å². The van der Waals surface area contributed by atoms with E-state index in [1.54, 1.807) is 0 Å². The molecule has 13 heavy (non-hydrogen) atoms. The number of thioether (sulfide) groups is 1. The zero-order chi connectivity index (χ0) is 9.90. The van der Waals surface area contributed by atoms with Crippen LogP contribution in [0.1, 0.15) is 32.8 Å². The fraction of sp³-hybridized carbons (Fsp3) is 0.500. The Labute approximate surface area is 85.7 Å². The van der Waals surface area contributed by atoms with Crippen molar-refractivity contribution in [1.29, 1.82) is 0 Å². The van der Waals surface area contributed by atoms with Gasteiger partial charge in [-0.15, -0.1) is 11.8 Å². The molecule has 0 heterocycles. The summed E-state index contributed by atoms with van der Waals surface area (Å²) in [6.07, 6.45) is 3.31. The molecule has 0 atom stereocenters. The van der Waals surface area contributed by atoms with Crippen molar-refractivity contribution in [1.82, 2.24) is 0 Å². The highest BCUT2D eigenvalue weighted by molar-refractivity contribution is 7.98. The number of rotatable bonds is 3. The summed E-state index contributed by atoms with van der Waals surface area (Å²) >= 11 is 1.81. The van der Waals surface area contributed by atoms with E-state index in [9.17, 15) is 0 Å². The van der Waals surface area contributed by atoms with E-state index < -0.39 is 0 Å². The Balaban J connectivity index is 3.01. The zero-order valence-corrected chi connectivity index (χ0v) is 9.74. The van der Waals surface area contributed by atoms with Crippen molar-refractivity contribution in [3.8, 4) is 0 Å². The Morgan fingerprint density at radius 3 is 2.54 bits per heavy atom. The third-order valence-corrected chi connectivity index (χ3v) is 3.46. The molecule has 0 aromatic heterocycles. The Bertz CT molecular complexity index is 276. The van der Waals surface area contributed by atoms with Crippen molar-refractivity contribution in [2.24, 2.45) is 0 Å². The minimum atomic E-state index is 0.311. The van der Waals surface area contributed by atoms with Crippen LogP contribution in [0.5, 0.6) is 0 Å². The van der Waals surface area contributed by atoms with Crippen LogP contribution >= 0.6 is 11.8 Å². The fourth-order valence-electron chi connectivity index (χ4n) is 1.25. The van der Waals surface area contributed by atoms with Gasteiger partial charge in [-0.05, 0) is 35.8 Å². The Hall–Kier alpha value is -0.430. The van der Waals surface area contributed by atoms with Crippen molar-refractivity contribution in [2.45, 2.75) is 37.5 Å². The maximum atomic E-state index is 2.30. The van der Waals surface area contributed by atoms with E-state index in [2.05, 4.69) is 51.3 Å². The summed E-state index contributed by atoms with van der Waals surface area (Å²) in [7, 11) is 0. The average Bonchev–Trinajstić information content (AvgIpc) is 2.18. The lowest BCUT2D eigenvalue weighted by molar-refractivity contribution is 0.505. The Morgan fingerprint density at radius 1 is 1.31 bits per heavy atom. The SMILES string of the molecule is CCC(C)(C)c1cccc(SC)c1. The molecule has 0 saturated heterocycles. The summed E-state index contributed by atoms with van der Waals surface area (Å²) in [5.41, 5.74) is 1.76. The summed E-state index contributed by atoms with van der Waals surface area (Å²) in [5.74, 6) is 0. The molecule has 1 aromatic carbocycles. The van der Waals surface area contributed by atoms with E-state index >= 15 is 0 Å². The van der Waals surface area contributed by atoms with Gasteiger partial charge in [-0.2, -0.15) is 0 Å². The second kappa shape index (κ2) is 4.19. The summed E-state index contributed by atoms with van der Waals surface area (Å²) in [5, 5.41) is 0. The van der Waals surface area contributed by atoms with Crippen LogP contribution in [-0.2, 0) is 5.41 Å². The lowest BCUT2D eigenvalue weighted by atomic mass is 9.82. The molecule has 0 saturated carbocycles. The van der Waals surface area contributed by atoms with Gasteiger partial charge in [0.05, 0.1) is 0 Å². The largest absolute Gasteiger partial charge is 0.130 e. The van der Waals surface area contributed by atoms with E-state index in [-0.39, 0.29) is 0 Å². The smallest absolute Gasteiger partial charge is 0.00720 e. The molecule has 0 aliphatic rings. The first-order valence-electron chi connectivity index (χ1n) is 4.74. The first-order chi connectivity index (χ1) is 6.10. The molecule has 1 aromatic rings. The van der Waals surface area contributed by atoms with Crippen LogP contribution in [0.4, 0.5) is 0 Å². The molecular weight excluding hydrogens is 176 g/mol. The highest BCUT2D eigenvalue weighted by Gasteiger charge is 2.17. The molecule has 0 N–H and O–H groups in total. The predicted octanol–water partition coefficient (Wildman–Crippen LogP) is 4.10. The van der Waals surface area contributed by atoms with E-state index in [1.807, 2.05) is 11.8 Å².